The van der Waals surface area contributed by atoms with Crippen LogP contribution >= 0.6 is 12.2 Å². The summed E-state index contributed by atoms with van der Waals surface area (Å²) in [6, 6.07) is 13.0. The fraction of sp³-hybridized carbons (Fsp3) is 0.278. The topological polar surface area (TPSA) is 42.5 Å². The van der Waals surface area contributed by atoms with Crippen LogP contribution in [0, 0.1) is 0 Å². The number of anilines is 1. The molecule has 4 nitrogen and oxygen atoms in total. The highest BCUT2D eigenvalue weighted by Crippen LogP contribution is 2.24. The van der Waals surface area contributed by atoms with E-state index in [2.05, 4.69) is 15.4 Å². The van der Waals surface area contributed by atoms with E-state index in [0.29, 0.717) is 10.8 Å². The van der Waals surface area contributed by atoms with E-state index in [1.54, 1.807) is 7.11 Å². The molecule has 0 fully saturated rings. The van der Waals surface area contributed by atoms with E-state index in [0.717, 1.165) is 17.7 Å². The van der Waals surface area contributed by atoms with E-state index in [-0.39, 0.29) is 11.8 Å². The monoisotopic (exact) mass is 384 g/mol. The van der Waals surface area contributed by atoms with Crippen molar-refractivity contribution in [2.45, 2.75) is 25.7 Å². The van der Waals surface area contributed by atoms with Crippen LogP contribution < -0.4 is 20.1 Å². The average Bonchev–Trinajstić information content (AvgIpc) is 2.60. The van der Waals surface area contributed by atoms with Crippen LogP contribution in [0.4, 0.5) is 18.9 Å². The summed E-state index contributed by atoms with van der Waals surface area (Å²) in [5.74, 6) is 0.483. The molecule has 2 N–H and O–H groups in total. The maximum Gasteiger partial charge on any atom is 0.573 e. The van der Waals surface area contributed by atoms with Crippen molar-refractivity contribution in [1.29, 1.82) is 0 Å². The molecule has 0 saturated heterocycles. The summed E-state index contributed by atoms with van der Waals surface area (Å²) < 4.78 is 45.5. The Labute approximate surface area is 155 Å². The minimum Gasteiger partial charge on any atom is -0.497 e. The highest BCUT2D eigenvalue weighted by atomic mass is 32.1. The normalized spacial score (nSPS) is 12.2. The van der Waals surface area contributed by atoms with Crippen LogP contribution in [0.25, 0.3) is 0 Å². The lowest BCUT2D eigenvalue weighted by molar-refractivity contribution is -0.274. The predicted octanol–water partition coefficient (Wildman–Crippen LogP) is 5.03. The zero-order valence-corrected chi connectivity index (χ0v) is 15.1. The second-order valence-corrected chi connectivity index (χ2v) is 5.81. The first-order valence-electron chi connectivity index (χ1n) is 7.88. The Hall–Kier alpha value is -2.48. The number of hydrogen-bond acceptors (Lipinski definition) is 3. The SMILES string of the molecule is CC[C@H](NC(=S)Nc1ccc(OC(F)(F)F)cc1)c1ccc(OC)cc1. The molecule has 0 saturated carbocycles. The van der Waals surface area contributed by atoms with Crippen LogP contribution in [0.15, 0.2) is 48.5 Å². The molecule has 0 amide bonds. The molecular formula is C18H19F3N2O2S. The van der Waals surface area contributed by atoms with Crippen molar-refractivity contribution in [2.75, 3.05) is 12.4 Å². The Bertz CT molecular complexity index is 719. The molecule has 26 heavy (non-hydrogen) atoms. The highest BCUT2D eigenvalue weighted by molar-refractivity contribution is 7.80. The summed E-state index contributed by atoms with van der Waals surface area (Å²) in [7, 11) is 1.61. The van der Waals surface area contributed by atoms with Gasteiger partial charge in [0.05, 0.1) is 13.2 Å². The lowest BCUT2D eigenvalue weighted by Crippen LogP contribution is -2.32. The fourth-order valence-corrected chi connectivity index (χ4v) is 2.58. The molecule has 0 aliphatic heterocycles. The van der Waals surface area contributed by atoms with Crippen LogP contribution in [0.5, 0.6) is 11.5 Å². The van der Waals surface area contributed by atoms with Gasteiger partial charge in [-0.15, -0.1) is 13.2 Å². The third-order valence-electron chi connectivity index (χ3n) is 3.58. The maximum absolute atomic E-state index is 12.2. The Morgan fingerprint density at radius 3 is 2.12 bits per heavy atom. The summed E-state index contributed by atoms with van der Waals surface area (Å²) >= 11 is 5.29. The standard InChI is InChI=1S/C18H19F3N2O2S/c1-3-16(12-4-8-14(24-2)9-5-12)23-17(26)22-13-6-10-15(11-7-13)25-18(19,20)21/h4-11,16H,3H2,1-2H3,(H2,22,23,26)/t16-/m0/s1. The number of alkyl halides is 3. The number of benzene rings is 2. The van der Waals surface area contributed by atoms with Gasteiger partial charge in [0.25, 0.3) is 0 Å². The molecule has 0 bridgehead atoms. The van der Waals surface area contributed by atoms with Crippen molar-refractivity contribution < 1.29 is 22.6 Å². The molecule has 8 heteroatoms. The van der Waals surface area contributed by atoms with E-state index in [4.69, 9.17) is 17.0 Å². The van der Waals surface area contributed by atoms with Gasteiger partial charge in [-0.05, 0) is 60.6 Å². The molecule has 0 heterocycles. The first-order chi connectivity index (χ1) is 12.3. The number of hydrogen-bond donors (Lipinski definition) is 2. The lowest BCUT2D eigenvalue weighted by atomic mass is 10.0. The number of halogens is 3. The van der Waals surface area contributed by atoms with E-state index in [1.165, 1.54) is 24.3 Å². The second-order valence-electron chi connectivity index (χ2n) is 5.40. The van der Waals surface area contributed by atoms with Gasteiger partial charge in [-0.2, -0.15) is 0 Å². The van der Waals surface area contributed by atoms with Gasteiger partial charge >= 0.3 is 6.36 Å². The van der Waals surface area contributed by atoms with Gasteiger partial charge in [0.2, 0.25) is 0 Å². The van der Waals surface area contributed by atoms with Gasteiger partial charge in [-0.3, -0.25) is 0 Å². The van der Waals surface area contributed by atoms with E-state index in [1.807, 2.05) is 31.2 Å². The van der Waals surface area contributed by atoms with Crippen LogP contribution in [-0.4, -0.2) is 18.6 Å². The van der Waals surface area contributed by atoms with Crippen molar-refractivity contribution in [1.82, 2.24) is 5.32 Å². The summed E-state index contributed by atoms with van der Waals surface area (Å²) in [5.41, 5.74) is 1.60. The molecule has 0 spiro atoms. The van der Waals surface area contributed by atoms with E-state index >= 15 is 0 Å². The molecule has 140 valence electrons. The number of thiocarbonyl (C=S) groups is 1. The number of nitrogens with one attached hydrogen (secondary N) is 2. The van der Waals surface area contributed by atoms with Gasteiger partial charge in [-0.25, -0.2) is 0 Å². The summed E-state index contributed by atoms with van der Waals surface area (Å²) in [6.07, 6.45) is -3.91. The van der Waals surface area contributed by atoms with Gasteiger partial charge in [0, 0.05) is 5.69 Å². The fourth-order valence-electron chi connectivity index (χ4n) is 2.32. The molecule has 0 aliphatic carbocycles. The molecule has 0 aromatic heterocycles. The molecular weight excluding hydrogens is 365 g/mol. The van der Waals surface area contributed by atoms with Crippen molar-refractivity contribution in [2.24, 2.45) is 0 Å². The summed E-state index contributed by atoms with van der Waals surface area (Å²) in [5, 5.41) is 6.51. The zero-order valence-electron chi connectivity index (χ0n) is 14.3. The molecule has 2 aromatic carbocycles. The van der Waals surface area contributed by atoms with Crippen LogP contribution in [-0.2, 0) is 0 Å². The third-order valence-corrected chi connectivity index (χ3v) is 3.80. The van der Waals surface area contributed by atoms with Crippen molar-refractivity contribution in [3.05, 3.63) is 54.1 Å². The van der Waals surface area contributed by atoms with Gasteiger partial charge in [-0.1, -0.05) is 19.1 Å². The second kappa shape index (κ2) is 8.75. The smallest absolute Gasteiger partial charge is 0.497 e. The van der Waals surface area contributed by atoms with Crippen LogP contribution in [0.2, 0.25) is 0 Å². The Morgan fingerprint density at radius 2 is 1.62 bits per heavy atom. The van der Waals surface area contributed by atoms with Gasteiger partial charge < -0.3 is 20.1 Å². The molecule has 0 unspecified atom stereocenters. The van der Waals surface area contributed by atoms with E-state index < -0.39 is 6.36 Å². The molecule has 2 rings (SSSR count). The Morgan fingerprint density at radius 1 is 1.04 bits per heavy atom. The van der Waals surface area contributed by atoms with Crippen LogP contribution in [0.1, 0.15) is 24.9 Å². The molecule has 1 atom stereocenters. The van der Waals surface area contributed by atoms with E-state index in [9.17, 15) is 13.2 Å². The van der Waals surface area contributed by atoms with Gasteiger partial charge in [0.15, 0.2) is 5.11 Å². The van der Waals surface area contributed by atoms with Crippen LogP contribution in [0.3, 0.4) is 0 Å². The minimum atomic E-state index is -4.71. The third kappa shape index (κ3) is 6.11. The largest absolute Gasteiger partial charge is 0.573 e. The highest BCUT2D eigenvalue weighted by Gasteiger charge is 2.30. The quantitative estimate of drug-likeness (QED) is 0.684. The maximum atomic E-state index is 12.2. The Balaban J connectivity index is 1.95. The average molecular weight is 384 g/mol. The lowest BCUT2D eigenvalue weighted by Gasteiger charge is -2.20. The molecule has 0 radical (unpaired) electrons. The molecule has 2 aromatic rings. The number of ether oxygens (including phenoxy) is 2. The Kier molecular flexibility index (Phi) is 6.68. The minimum absolute atomic E-state index is 0.00579. The summed E-state index contributed by atoms with van der Waals surface area (Å²) in [6.45, 7) is 2.02. The number of methoxy groups -OCH3 is 1. The van der Waals surface area contributed by atoms with Crippen molar-refractivity contribution >= 4 is 23.0 Å². The number of rotatable bonds is 6. The molecule has 0 aliphatic rings. The van der Waals surface area contributed by atoms with Crippen molar-refractivity contribution in [3.8, 4) is 11.5 Å². The first kappa shape index (κ1) is 19.8. The van der Waals surface area contributed by atoms with Gasteiger partial charge in [0.1, 0.15) is 11.5 Å². The van der Waals surface area contributed by atoms with Crippen molar-refractivity contribution in [3.63, 3.8) is 0 Å². The predicted molar refractivity (Wildman–Crippen MR) is 98.5 cm³/mol. The summed E-state index contributed by atoms with van der Waals surface area (Å²) in [4.78, 5) is 0. The zero-order chi connectivity index (χ0) is 19.2. The first-order valence-corrected chi connectivity index (χ1v) is 8.29.